The van der Waals surface area contributed by atoms with Gasteiger partial charge in [0.05, 0.1) is 19.8 Å². The minimum Gasteiger partial charge on any atom is -0.370 e. The molecule has 1 aliphatic heterocycles. The standard InChI is InChI=1S/C21H26FN3OS/c1-15-11-16(2)13-19(12-15)24-21(27)23-14-20(25-7-9-26-10-8-25)17-3-5-18(22)6-4-17/h3-6,11-13,20H,7-10,14H2,1-2H3,(H2,23,24,27)/p+1/t20-/m1/s1. The number of thiocarbonyl (C=S) groups is 1. The summed E-state index contributed by atoms with van der Waals surface area (Å²) >= 11 is 5.50. The summed E-state index contributed by atoms with van der Waals surface area (Å²) in [5.74, 6) is -0.213. The van der Waals surface area contributed by atoms with Crippen molar-refractivity contribution >= 4 is 23.0 Å². The molecule has 1 fully saturated rings. The molecule has 4 nitrogen and oxygen atoms in total. The van der Waals surface area contributed by atoms with Crippen LogP contribution < -0.4 is 15.5 Å². The normalized spacial score (nSPS) is 16.0. The number of hydrogen-bond acceptors (Lipinski definition) is 2. The Morgan fingerprint density at radius 2 is 1.74 bits per heavy atom. The van der Waals surface area contributed by atoms with E-state index >= 15 is 0 Å². The quantitative estimate of drug-likeness (QED) is 0.688. The maximum absolute atomic E-state index is 13.3. The summed E-state index contributed by atoms with van der Waals surface area (Å²) in [5, 5.41) is 7.21. The first kappa shape index (κ1) is 19.7. The predicted octanol–water partition coefficient (Wildman–Crippen LogP) is 2.39. The topological polar surface area (TPSA) is 37.7 Å². The molecule has 1 saturated heterocycles. The van der Waals surface area contributed by atoms with Crippen molar-refractivity contribution in [2.75, 3.05) is 38.2 Å². The van der Waals surface area contributed by atoms with Gasteiger partial charge in [0.2, 0.25) is 0 Å². The molecule has 2 aromatic rings. The molecule has 0 unspecified atom stereocenters. The summed E-state index contributed by atoms with van der Waals surface area (Å²) in [5.41, 5.74) is 4.49. The average Bonchev–Trinajstić information content (AvgIpc) is 2.63. The van der Waals surface area contributed by atoms with Crippen molar-refractivity contribution in [2.24, 2.45) is 0 Å². The molecule has 6 heteroatoms. The molecule has 0 spiro atoms. The molecule has 27 heavy (non-hydrogen) atoms. The SMILES string of the molecule is Cc1cc(C)cc(NC(=S)NC[C@H](c2ccc(F)cc2)[NH+]2CCOCC2)c1. The van der Waals surface area contributed by atoms with Crippen LogP contribution in [0.4, 0.5) is 10.1 Å². The van der Waals surface area contributed by atoms with E-state index in [9.17, 15) is 4.39 Å². The van der Waals surface area contributed by atoms with E-state index < -0.39 is 0 Å². The van der Waals surface area contributed by atoms with E-state index in [1.54, 1.807) is 0 Å². The Balaban J connectivity index is 1.66. The number of rotatable bonds is 5. The summed E-state index contributed by atoms with van der Waals surface area (Å²) < 4.78 is 18.8. The van der Waals surface area contributed by atoms with Crippen LogP contribution in [0.1, 0.15) is 22.7 Å². The van der Waals surface area contributed by atoms with E-state index in [4.69, 9.17) is 17.0 Å². The number of quaternary nitrogens is 1. The number of nitrogens with one attached hydrogen (secondary N) is 3. The van der Waals surface area contributed by atoms with Crippen LogP contribution in [0.25, 0.3) is 0 Å². The van der Waals surface area contributed by atoms with E-state index in [1.165, 1.54) is 28.2 Å². The molecule has 1 atom stereocenters. The van der Waals surface area contributed by atoms with Crippen LogP contribution in [0.2, 0.25) is 0 Å². The third-order valence-electron chi connectivity index (χ3n) is 4.85. The number of anilines is 1. The Morgan fingerprint density at radius 3 is 2.37 bits per heavy atom. The van der Waals surface area contributed by atoms with Gasteiger partial charge in [0.15, 0.2) is 5.11 Å². The molecule has 0 amide bonds. The van der Waals surface area contributed by atoms with Crippen molar-refractivity contribution in [3.05, 3.63) is 65.0 Å². The molecular formula is C21H27FN3OS+. The lowest BCUT2D eigenvalue weighted by atomic mass is 10.0. The van der Waals surface area contributed by atoms with Crippen LogP contribution in [0, 0.1) is 19.7 Å². The molecule has 2 aromatic carbocycles. The second kappa shape index (κ2) is 9.26. The van der Waals surface area contributed by atoms with Crippen molar-refractivity contribution < 1.29 is 14.0 Å². The minimum atomic E-state index is -0.213. The van der Waals surface area contributed by atoms with Gasteiger partial charge in [-0.25, -0.2) is 4.39 Å². The van der Waals surface area contributed by atoms with Gasteiger partial charge in [0.25, 0.3) is 0 Å². The first-order valence-corrected chi connectivity index (χ1v) is 9.73. The Labute approximate surface area is 165 Å². The van der Waals surface area contributed by atoms with E-state index in [-0.39, 0.29) is 11.9 Å². The number of morpholine rings is 1. The van der Waals surface area contributed by atoms with Crippen LogP contribution in [0.3, 0.4) is 0 Å². The van der Waals surface area contributed by atoms with Crippen molar-refractivity contribution in [1.29, 1.82) is 0 Å². The Bertz CT molecular complexity index is 755. The van der Waals surface area contributed by atoms with E-state index in [0.29, 0.717) is 11.7 Å². The van der Waals surface area contributed by atoms with Crippen LogP contribution in [-0.2, 0) is 4.74 Å². The van der Waals surface area contributed by atoms with Crippen molar-refractivity contribution in [3.63, 3.8) is 0 Å². The van der Waals surface area contributed by atoms with Gasteiger partial charge in [-0.3, -0.25) is 0 Å². The molecule has 0 aliphatic carbocycles. The summed E-state index contributed by atoms with van der Waals surface area (Å²) in [6.45, 7) is 8.18. The smallest absolute Gasteiger partial charge is 0.171 e. The van der Waals surface area contributed by atoms with Gasteiger partial charge in [-0.15, -0.1) is 0 Å². The highest BCUT2D eigenvalue weighted by Gasteiger charge is 2.26. The Morgan fingerprint density at radius 1 is 1.11 bits per heavy atom. The van der Waals surface area contributed by atoms with Gasteiger partial charge in [-0.2, -0.15) is 0 Å². The summed E-state index contributed by atoms with van der Waals surface area (Å²) in [4.78, 5) is 1.43. The molecule has 0 aromatic heterocycles. The van der Waals surface area contributed by atoms with Crippen molar-refractivity contribution in [1.82, 2.24) is 5.32 Å². The highest BCUT2D eigenvalue weighted by Crippen LogP contribution is 2.14. The van der Waals surface area contributed by atoms with Gasteiger partial charge in [-0.05, 0) is 61.5 Å². The number of halogens is 1. The minimum absolute atomic E-state index is 0.188. The lowest BCUT2D eigenvalue weighted by molar-refractivity contribution is -0.937. The largest absolute Gasteiger partial charge is 0.370 e. The van der Waals surface area contributed by atoms with Gasteiger partial charge >= 0.3 is 0 Å². The first-order valence-electron chi connectivity index (χ1n) is 9.32. The number of ether oxygens (including phenoxy) is 1. The van der Waals surface area contributed by atoms with E-state index in [1.807, 2.05) is 12.1 Å². The zero-order chi connectivity index (χ0) is 19.2. The third-order valence-corrected chi connectivity index (χ3v) is 5.09. The van der Waals surface area contributed by atoms with Crippen molar-refractivity contribution in [3.8, 4) is 0 Å². The third kappa shape index (κ3) is 5.73. The molecule has 144 valence electrons. The molecule has 1 aliphatic rings. The second-order valence-electron chi connectivity index (χ2n) is 7.09. The molecule has 3 rings (SSSR count). The average molecular weight is 389 g/mol. The zero-order valence-corrected chi connectivity index (χ0v) is 16.7. The van der Waals surface area contributed by atoms with Gasteiger partial charge < -0.3 is 20.3 Å². The molecule has 1 heterocycles. The lowest BCUT2D eigenvalue weighted by Crippen LogP contribution is -3.15. The monoisotopic (exact) mass is 388 g/mol. The van der Waals surface area contributed by atoms with Gasteiger partial charge in [0.1, 0.15) is 24.9 Å². The zero-order valence-electron chi connectivity index (χ0n) is 15.8. The van der Waals surface area contributed by atoms with Crippen LogP contribution in [-0.4, -0.2) is 38.0 Å². The summed E-state index contributed by atoms with van der Waals surface area (Å²) in [6, 6.07) is 13.2. The number of hydrogen-bond donors (Lipinski definition) is 3. The predicted molar refractivity (Wildman–Crippen MR) is 111 cm³/mol. The van der Waals surface area contributed by atoms with E-state index in [2.05, 4.69) is 42.7 Å². The Hall–Kier alpha value is -2.02. The fourth-order valence-electron chi connectivity index (χ4n) is 3.59. The lowest BCUT2D eigenvalue weighted by Gasteiger charge is -2.32. The fourth-order valence-corrected chi connectivity index (χ4v) is 3.79. The maximum Gasteiger partial charge on any atom is 0.171 e. The first-order chi connectivity index (χ1) is 13.0. The summed E-state index contributed by atoms with van der Waals surface area (Å²) in [7, 11) is 0. The van der Waals surface area contributed by atoms with Gasteiger partial charge in [-0.1, -0.05) is 18.2 Å². The Kier molecular flexibility index (Phi) is 6.77. The molecule has 0 bridgehead atoms. The molecule has 3 N–H and O–H groups in total. The summed E-state index contributed by atoms with van der Waals surface area (Å²) in [6.07, 6.45) is 0. The maximum atomic E-state index is 13.3. The second-order valence-corrected chi connectivity index (χ2v) is 7.49. The van der Waals surface area contributed by atoms with Crippen LogP contribution in [0.5, 0.6) is 0 Å². The molecule has 0 saturated carbocycles. The number of benzene rings is 2. The van der Waals surface area contributed by atoms with Crippen LogP contribution >= 0.6 is 12.2 Å². The fraction of sp³-hybridized carbons (Fsp3) is 0.381. The highest BCUT2D eigenvalue weighted by atomic mass is 32.1. The molecule has 0 radical (unpaired) electrons. The van der Waals surface area contributed by atoms with Gasteiger partial charge in [0, 0.05) is 11.3 Å². The van der Waals surface area contributed by atoms with E-state index in [0.717, 1.165) is 37.6 Å². The highest BCUT2D eigenvalue weighted by molar-refractivity contribution is 7.80. The van der Waals surface area contributed by atoms with Crippen molar-refractivity contribution in [2.45, 2.75) is 19.9 Å². The van der Waals surface area contributed by atoms with Crippen LogP contribution in [0.15, 0.2) is 42.5 Å². The number of aryl methyl sites for hydroxylation is 2. The molecular weight excluding hydrogens is 361 g/mol.